The van der Waals surface area contributed by atoms with Gasteiger partial charge in [-0.1, -0.05) is 13.3 Å². The number of carbonyl (C=O) groups excluding carboxylic acids is 3. The Bertz CT molecular complexity index is 617. The monoisotopic (exact) mass is 365 g/mol. The molecule has 0 aliphatic heterocycles. The van der Waals surface area contributed by atoms with E-state index in [1.165, 1.54) is 7.11 Å². The van der Waals surface area contributed by atoms with Gasteiger partial charge in [0.25, 0.3) is 5.91 Å². The molecule has 0 atom stereocenters. The van der Waals surface area contributed by atoms with Crippen LogP contribution in [-0.2, 0) is 14.3 Å². The number of thiocarbonyl (C=S) groups is 1. The molecular weight excluding hydrogens is 342 g/mol. The molecule has 0 unspecified atom stereocenters. The van der Waals surface area contributed by atoms with Gasteiger partial charge >= 0.3 is 5.97 Å². The van der Waals surface area contributed by atoms with Gasteiger partial charge < -0.3 is 20.7 Å². The summed E-state index contributed by atoms with van der Waals surface area (Å²) in [5.41, 5.74) is 1.19. The predicted molar refractivity (Wildman–Crippen MR) is 99.3 cm³/mol. The van der Waals surface area contributed by atoms with Crippen LogP contribution in [-0.4, -0.2) is 36.6 Å². The van der Waals surface area contributed by atoms with Crippen molar-refractivity contribution >= 4 is 40.8 Å². The van der Waals surface area contributed by atoms with Crippen LogP contribution in [0.3, 0.4) is 0 Å². The first-order valence-electron chi connectivity index (χ1n) is 8.02. The summed E-state index contributed by atoms with van der Waals surface area (Å²) in [5.74, 6) is -0.963. The molecule has 8 heteroatoms. The van der Waals surface area contributed by atoms with Gasteiger partial charge in [0.1, 0.15) is 0 Å². The summed E-state index contributed by atoms with van der Waals surface area (Å²) in [4.78, 5) is 34.5. The summed E-state index contributed by atoms with van der Waals surface area (Å²) in [5, 5.41) is 8.27. The molecule has 0 saturated heterocycles. The molecule has 0 saturated carbocycles. The van der Waals surface area contributed by atoms with E-state index in [1.807, 2.05) is 0 Å². The smallest absolute Gasteiger partial charge is 0.306 e. The fourth-order valence-corrected chi connectivity index (χ4v) is 2.09. The maximum Gasteiger partial charge on any atom is 0.306 e. The van der Waals surface area contributed by atoms with Gasteiger partial charge in [0.2, 0.25) is 5.91 Å². The summed E-state index contributed by atoms with van der Waals surface area (Å²) < 4.78 is 4.46. The Balaban J connectivity index is 2.43. The zero-order chi connectivity index (χ0) is 18.7. The lowest BCUT2D eigenvalue weighted by atomic mass is 10.2. The Morgan fingerprint density at radius 2 is 1.80 bits per heavy atom. The topological polar surface area (TPSA) is 96.5 Å². The fraction of sp³-hybridized carbons (Fsp3) is 0.412. The largest absolute Gasteiger partial charge is 0.469 e. The van der Waals surface area contributed by atoms with Crippen molar-refractivity contribution < 1.29 is 19.1 Å². The molecule has 0 radical (unpaired) electrons. The van der Waals surface area contributed by atoms with E-state index in [4.69, 9.17) is 12.2 Å². The van der Waals surface area contributed by atoms with E-state index in [2.05, 4.69) is 27.6 Å². The standard InChI is InChI=1S/C17H23N3O4S/c1-3-4-11-18-16(23)12-5-7-13(8-6-12)19-17(25)20-14(21)9-10-15(22)24-2/h5-8H,3-4,9-11H2,1-2H3,(H,18,23)(H2,19,20,21,25). The number of ether oxygens (including phenoxy) is 1. The van der Waals surface area contributed by atoms with Crippen LogP contribution in [0.5, 0.6) is 0 Å². The summed E-state index contributed by atoms with van der Waals surface area (Å²) in [6.07, 6.45) is 1.94. The molecule has 136 valence electrons. The average Bonchev–Trinajstić information content (AvgIpc) is 2.60. The number of nitrogens with one attached hydrogen (secondary N) is 3. The van der Waals surface area contributed by atoms with Crippen molar-refractivity contribution in [2.45, 2.75) is 32.6 Å². The van der Waals surface area contributed by atoms with Gasteiger partial charge in [0.05, 0.1) is 13.5 Å². The summed E-state index contributed by atoms with van der Waals surface area (Å²) in [6, 6.07) is 6.74. The minimum Gasteiger partial charge on any atom is -0.469 e. The van der Waals surface area contributed by atoms with E-state index in [1.54, 1.807) is 24.3 Å². The lowest BCUT2D eigenvalue weighted by Crippen LogP contribution is -2.34. The zero-order valence-corrected chi connectivity index (χ0v) is 15.2. The molecule has 2 amide bonds. The summed E-state index contributed by atoms with van der Waals surface area (Å²) >= 11 is 5.04. The first-order valence-corrected chi connectivity index (χ1v) is 8.43. The van der Waals surface area contributed by atoms with E-state index < -0.39 is 5.97 Å². The zero-order valence-electron chi connectivity index (χ0n) is 14.4. The van der Waals surface area contributed by atoms with Crippen LogP contribution < -0.4 is 16.0 Å². The number of hydrogen-bond donors (Lipinski definition) is 3. The van der Waals surface area contributed by atoms with E-state index in [9.17, 15) is 14.4 Å². The quantitative estimate of drug-likeness (QED) is 0.370. The van der Waals surface area contributed by atoms with Crippen LogP contribution >= 0.6 is 12.2 Å². The Hall–Kier alpha value is -2.48. The molecule has 7 nitrogen and oxygen atoms in total. The van der Waals surface area contributed by atoms with E-state index >= 15 is 0 Å². The SMILES string of the molecule is CCCCNC(=O)c1ccc(NC(=S)NC(=O)CCC(=O)OC)cc1. The molecule has 0 spiro atoms. The number of anilines is 1. The number of unbranched alkanes of at least 4 members (excludes halogenated alkanes) is 1. The fourth-order valence-electron chi connectivity index (χ4n) is 1.85. The number of benzene rings is 1. The van der Waals surface area contributed by atoms with Crippen molar-refractivity contribution in [1.82, 2.24) is 10.6 Å². The molecule has 1 rings (SSSR count). The molecule has 0 heterocycles. The summed E-state index contributed by atoms with van der Waals surface area (Å²) in [6.45, 7) is 2.71. The van der Waals surface area contributed by atoms with Gasteiger partial charge in [-0.3, -0.25) is 14.4 Å². The van der Waals surface area contributed by atoms with Crippen molar-refractivity contribution in [3.8, 4) is 0 Å². The molecule has 1 aromatic rings. The second kappa shape index (κ2) is 11.1. The Kier molecular flexibility index (Phi) is 9.16. The van der Waals surface area contributed by atoms with Gasteiger partial charge in [0, 0.05) is 24.2 Å². The molecule has 25 heavy (non-hydrogen) atoms. The minimum absolute atomic E-state index is 0.00716. The van der Waals surface area contributed by atoms with Gasteiger partial charge in [0.15, 0.2) is 5.11 Å². The molecular formula is C17H23N3O4S. The molecule has 0 aromatic heterocycles. The van der Waals surface area contributed by atoms with Crippen LogP contribution in [0.25, 0.3) is 0 Å². The lowest BCUT2D eigenvalue weighted by molar-refractivity contribution is -0.142. The lowest BCUT2D eigenvalue weighted by Gasteiger charge is -2.10. The first-order chi connectivity index (χ1) is 12.0. The number of carbonyl (C=O) groups is 3. The van der Waals surface area contributed by atoms with Crippen molar-refractivity contribution in [3.63, 3.8) is 0 Å². The number of rotatable bonds is 8. The normalized spacial score (nSPS) is 9.84. The van der Waals surface area contributed by atoms with E-state index in [0.717, 1.165) is 12.8 Å². The van der Waals surface area contributed by atoms with Crippen LogP contribution in [0, 0.1) is 0 Å². The van der Waals surface area contributed by atoms with Crippen molar-refractivity contribution in [2.75, 3.05) is 19.0 Å². The predicted octanol–water partition coefficient (Wildman–Crippen LogP) is 1.98. The third-order valence-corrected chi connectivity index (χ3v) is 3.46. The van der Waals surface area contributed by atoms with Gasteiger partial charge in [-0.25, -0.2) is 0 Å². The van der Waals surface area contributed by atoms with Crippen LogP contribution in [0.15, 0.2) is 24.3 Å². The van der Waals surface area contributed by atoms with Gasteiger partial charge in [-0.2, -0.15) is 0 Å². The minimum atomic E-state index is -0.457. The number of amides is 2. The maximum atomic E-state index is 11.9. The number of methoxy groups -OCH3 is 1. The highest BCUT2D eigenvalue weighted by Crippen LogP contribution is 2.09. The Labute approximate surface area is 152 Å². The second-order valence-electron chi connectivity index (χ2n) is 5.27. The summed E-state index contributed by atoms with van der Waals surface area (Å²) in [7, 11) is 1.26. The second-order valence-corrected chi connectivity index (χ2v) is 5.67. The van der Waals surface area contributed by atoms with Gasteiger partial charge in [-0.05, 0) is 42.9 Å². The van der Waals surface area contributed by atoms with Crippen molar-refractivity contribution in [1.29, 1.82) is 0 Å². The Morgan fingerprint density at radius 1 is 1.12 bits per heavy atom. The molecule has 0 aliphatic carbocycles. The highest BCUT2D eigenvalue weighted by molar-refractivity contribution is 7.80. The van der Waals surface area contributed by atoms with E-state index in [-0.39, 0.29) is 29.8 Å². The maximum absolute atomic E-state index is 11.9. The molecule has 1 aromatic carbocycles. The van der Waals surface area contributed by atoms with Crippen LogP contribution in [0.2, 0.25) is 0 Å². The third kappa shape index (κ3) is 8.25. The van der Waals surface area contributed by atoms with Crippen molar-refractivity contribution in [3.05, 3.63) is 29.8 Å². The average molecular weight is 365 g/mol. The number of esters is 1. The van der Waals surface area contributed by atoms with Gasteiger partial charge in [-0.15, -0.1) is 0 Å². The highest BCUT2D eigenvalue weighted by Gasteiger charge is 2.09. The number of hydrogen-bond acceptors (Lipinski definition) is 5. The highest BCUT2D eigenvalue weighted by atomic mass is 32.1. The van der Waals surface area contributed by atoms with Crippen molar-refractivity contribution in [2.24, 2.45) is 0 Å². The van der Waals surface area contributed by atoms with Crippen LogP contribution in [0.1, 0.15) is 43.0 Å². The molecule has 0 fully saturated rings. The van der Waals surface area contributed by atoms with E-state index in [0.29, 0.717) is 17.8 Å². The Morgan fingerprint density at radius 3 is 2.40 bits per heavy atom. The molecule has 0 bridgehead atoms. The third-order valence-electron chi connectivity index (χ3n) is 3.26. The first kappa shape index (κ1) is 20.6. The van der Waals surface area contributed by atoms with Crippen LogP contribution in [0.4, 0.5) is 5.69 Å². The molecule has 3 N–H and O–H groups in total. The molecule has 0 aliphatic rings.